The fourth-order valence-corrected chi connectivity index (χ4v) is 1.86. The molecule has 0 fully saturated rings. The predicted octanol–water partition coefficient (Wildman–Crippen LogP) is 3.75. The van der Waals surface area contributed by atoms with Crippen LogP contribution in [0.5, 0.6) is 11.5 Å². The van der Waals surface area contributed by atoms with Crippen LogP contribution in [0.15, 0.2) is 48.5 Å². The van der Waals surface area contributed by atoms with E-state index in [4.69, 9.17) is 14.6 Å². The van der Waals surface area contributed by atoms with E-state index in [1.165, 1.54) is 6.07 Å². The minimum atomic E-state index is -1.01. The third kappa shape index (κ3) is 4.24. The van der Waals surface area contributed by atoms with E-state index in [0.29, 0.717) is 18.1 Å². The normalized spacial score (nSPS) is 10.4. The van der Waals surface area contributed by atoms with Crippen molar-refractivity contribution in [1.82, 2.24) is 0 Å². The molecule has 0 aliphatic carbocycles. The zero-order valence-corrected chi connectivity index (χ0v) is 12.1. The minimum Gasteiger partial charge on any atom is -0.490 e. The molecule has 2 aromatic carbocycles. The molecule has 0 atom stereocenters. The summed E-state index contributed by atoms with van der Waals surface area (Å²) in [6, 6.07) is 14.5. The largest absolute Gasteiger partial charge is 0.490 e. The second-order valence-electron chi connectivity index (χ2n) is 4.90. The molecule has 2 rings (SSSR count). The van der Waals surface area contributed by atoms with E-state index in [-0.39, 0.29) is 11.7 Å². The molecule has 4 heteroatoms. The van der Waals surface area contributed by atoms with Crippen LogP contribution >= 0.6 is 0 Å². The fourth-order valence-electron chi connectivity index (χ4n) is 1.86. The molecule has 0 bridgehead atoms. The number of carboxylic acid groups (broad SMARTS) is 1. The Balaban J connectivity index is 2.15. The zero-order chi connectivity index (χ0) is 15.2. The maximum Gasteiger partial charge on any atom is 0.339 e. The highest BCUT2D eigenvalue weighted by atomic mass is 16.5. The first-order valence-electron chi connectivity index (χ1n) is 6.77. The van der Waals surface area contributed by atoms with Crippen LogP contribution < -0.4 is 9.47 Å². The lowest BCUT2D eigenvalue weighted by molar-refractivity contribution is 0.0690. The van der Waals surface area contributed by atoms with E-state index in [9.17, 15) is 4.79 Å². The van der Waals surface area contributed by atoms with Gasteiger partial charge in [-0.25, -0.2) is 4.79 Å². The molecular weight excluding hydrogens is 268 g/mol. The van der Waals surface area contributed by atoms with Gasteiger partial charge in [0.15, 0.2) is 0 Å². The first kappa shape index (κ1) is 14.9. The summed E-state index contributed by atoms with van der Waals surface area (Å²) in [7, 11) is 0. The summed E-state index contributed by atoms with van der Waals surface area (Å²) in [6.07, 6.45) is -0.104. The third-order valence-corrected chi connectivity index (χ3v) is 2.79. The molecule has 0 aliphatic heterocycles. The van der Waals surface area contributed by atoms with E-state index in [1.807, 2.05) is 44.2 Å². The Hall–Kier alpha value is -2.49. The highest BCUT2D eigenvalue weighted by Crippen LogP contribution is 2.26. The Morgan fingerprint density at radius 3 is 2.48 bits per heavy atom. The number of rotatable bonds is 6. The lowest BCUT2D eigenvalue weighted by Crippen LogP contribution is -2.10. The second kappa shape index (κ2) is 6.79. The summed E-state index contributed by atoms with van der Waals surface area (Å²) < 4.78 is 11.2. The van der Waals surface area contributed by atoms with Gasteiger partial charge >= 0.3 is 5.97 Å². The van der Waals surface area contributed by atoms with E-state index in [0.717, 1.165) is 5.56 Å². The summed E-state index contributed by atoms with van der Waals surface area (Å²) in [5, 5.41) is 9.16. The summed E-state index contributed by atoms with van der Waals surface area (Å²) in [4.78, 5) is 11.2. The maximum absolute atomic E-state index is 11.2. The molecule has 0 aromatic heterocycles. The third-order valence-electron chi connectivity index (χ3n) is 2.79. The smallest absolute Gasteiger partial charge is 0.339 e. The molecule has 0 unspecified atom stereocenters. The van der Waals surface area contributed by atoms with Crippen LogP contribution in [-0.4, -0.2) is 17.2 Å². The Bertz CT molecular complexity index is 605. The molecule has 0 amide bonds. The van der Waals surface area contributed by atoms with Crippen LogP contribution in [0.1, 0.15) is 29.8 Å². The van der Waals surface area contributed by atoms with Crippen LogP contribution in [0.4, 0.5) is 0 Å². The van der Waals surface area contributed by atoms with Gasteiger partial charge in [0.2, 0.25) is 0 Å². The summed E-state index contributed by atoms with van der Waals surface area (Å²) in [5.74, 6) is -0.108. The quantitative estimate of drug-likeness (QED) is 0.878. The second-order valence-corrected chi connectivity index (χ2v) is 4.90. The summed E-state index contributed by atoms with van der Waals surface area (Å²) in [6.45, 7) is 4.13. The molecule has 0 aliphatic rings. The summed E-state index contributed by atoms with van der Waals surface area (Å²) in [5.41, 5.74) is 1.18. The monoisotopic (exact) mass is 286 g/mol. The number of benzene rings is 2. The van der Waals surface area contributed by atoms with Crippen molar-refractivity contribution in [3.8, 4) is 11.5 Å². The van der Waals surface area contributed by atoms with Crippen LogP contribution in [0.25, 0.3) is 0 Å². The maximum atomic E-state index is 11.2. The topological polar surface area (TPSA) is 55.8 Å². The Kier molecular flexibility index (Phi) is 4.82. The van der Waals surface area contributed by atoms with Crippen molar-refractivity contribution in [2.24, 2.45) is 0 Å². The average molecular weight is 286 g/mol. The number of ether oxygens (including phenoxy) is 2. The standard InChI is InChI=1S/C17H18O4/c1-12(2)21-16-10-14(8-9-15(16)17(18)19)20-11-13-6-4-3-5-7-13/h3-10,12H,11H2,1-2H3,(H,18,19). The van der Waals surface area contributed by atoms with Crippen molar-refractivity contribution >= 4 is 5.97 Å². The van der Waals surface area contributed by atoms with Gasteiger partial charge < -0.3 is 14.6 Å². The van der Waals surface area contributed by atoms with Crippen molar-refractivity contribution in [3.63, 3.8) is 0 Å². The van der Waals surface area contributed by atoms with Crippen molar-refractivity contribution in [2.45, 2.75) is 26.6 Å². The van der Waals surface area contributed by atoms with Crippen molar-refractivity contribution < 1.29 is 19.4 Å². The Morgan fingerprint density at radius 1 is 1.14 bits per heavy atom. The number of hydrogen-bond acceptors (Lipinski definition) is 3. The van der Waals surface area contributed by atoms with Crippen molar-refractivity contribution in [1.29, 1.82) is 0 Å². The van der Waals surface area contributed by atoms with Crippen LogP contribution in [-0.2, 0) is 6.61 Å². The van der Waals surface area contributed by atoms with Gasteiger partial charge in [-0.2, -0.15) is 0 Å². The molecule has 0 saturated carbocycles. The van der Waals surface area contributed by atoms with Gasteiger partial charge in [-0.15, -0.1) is 0 Å². The van der Waals surface area contributed by atoms with Crippen LogP contribution in [0.2, 0.25) is 0 Å². The fraction of sp³-hybridized carbons (Fsp3) is 0.235. The molecular formula is C17H18O4. The van der Waals surface area contributed by atoms with Crippen LogP contribution in [0.3, 0.4) is 0 Å². The average Bonchev–Trinajstić information content (AvgIpc) is 2.45. The molecule has 2 aromatic rings. The molecule has 1 N–H and O–H groups in total. The molecule has 0 heterocycles. The van der Waals surface area contributed by atoms with Gasteiger partial charge in [-0.05, 0) is 31.5 Å². The number of aromatic carboxylic acids is 1. The van der Waals surface area contributed by atoms with Gasteiger partial charge in [-0.3, -0.25) is 0 Å². The number of hydrogen-bond donors (Lipinski definition) is 1. The van der Waals surface area contributed by atoms with Gasteiger partial charge in [0.1, 0.15) is 23.7 Å². The molecule has 110 valence electrons. The Labute approximate surface area is 123 Å². The minimum absolute atomic E-state index is 0.104. The molecule has 0 radical (unpaired) electrons. The highest BCUT2D eigenvalue weighted by Gasteiger charge is 2.13. The number of carboxylic acids is 1. The van der Waals surface area contributed by atoms with Gasteiger partial charge in [0.25, 0.3) is 0 Å². The van der Waals surface area contributed by atoms with E-state index < -0.39 is 5.97 Å². The Morgan fingerprint density at radius 2 is 1.86 bits per heavy atom. The lowest BCUT2D eigenvalue weighted by atomic mass is 10.2. The van der Waals surface area contributed by atoms with E-state index in [1.54, 1.807) is 12.1 Å². The van der Waals surface area contributed by atoms with Crippen molar-refractivity contribution in [3.05, 3.63) is 59.7 Å². The molecule has 21 heavy (non-hydrogen) atoms. The van der Waals surface area contributed by atoms with Gasteiger partial charge in [0, 0.05) is 6.07 Å². The highest BCUT2D eigenvalue weighted by molar-refractivity contribution is 5.91. The van der Waals surface area contributed by atoms with Crippen LogP contribution in [0, 0.1) is 0 Å². The molecule has 0 spiro atoms. The SMILES string of the molecule is CC(C)Oc1cc(OCc2ccccc2)ccc1C(=O)O. The number of carbonyl (C=O) groups is 1. The first-order valence-corrected chi connectivity index (χ1v) is 6.77. The first-order chi connectivity index (χ1) is 10.1. The van der Waals surface area contributed by atoms with Gasteiger partial charge in [-0.1, -0.05) is 30.3 Å². The van der Waals surface area contributed by atoms with Crippen molar-refractivity contribution in [2.75, 3.05) is 0 Å². The predicted molar refractivity (Wildman–Crippen MR) is 79.9 cm³/mol. The lowest BCUT2D eigenvalue weighted by Gasteiger charge is -2.14. The van der Waals surface area contributed by atoms with E-state index >= 15 is 0 Å². The van der Waals surface area contributed by atoms with E-state index in [2.05, 4.69) is 0 Å². The molecule has 4 nitrogen and oxygen atoms in total. The molecule has 0 saturated heterocycles. The summed E-state index contributed by atoms with van der Waals surface area (Å²) >= 11 is 0. The van der Waals surface area contributed by atoms with Gasteiger partial charge in [0.05, 0.1) is 6.10 Å². The zero-order valence-electron chi connectivity index (χ0n) is 12.1.